The summed E-state index contributed by atoms with van der Waals surface area (Å²) in [6.07, 6.45) is 0. The third-order valence-corrected chi connectivity index (χ3v) is 2.93. The zero-order valence-corrected chi connectivity index (χ0v) is 10.6. The summed E-state index contributed by atoms with van der Waals surface area (Å²) in [5, 5.41) is 13.2. The van der Waals surface area contributed by atoms with E-state index in [-0.39, 0.29) is 12.6 Å². The van der Waals surface area contributed by atoms with Crippen LogP contribution in [0, 0.1) is 6.92 Å². The Morgan fingerprint density at radius 2 is 2.19 bits per heavy atom. The number of nitrogens with one attached hydrogen (secondary N) is 1. The first kappa shape index (κ1) is 13.3. The van der Waals surface area contributed by atoms with Crippen LogP contribution in [0.4, 0.5) is 0 Å². The molecule has 3 nitrogen and oxygen atoms in total. The number of hydrogen-bond acceptors (Lipinski definition) is 3. The summed E-state index contributed by atoms with van der Waals surface area (Å²) in [7, 11) is 1.62. The second kappa shape index (κ2) is 6.09. The second-order valence-electron chi connectivity index (χ2n) is 3.64. The maximum Gasteiger partial charge on any atom is 0.124 e. The highest BCUT2D eigenvalue weighted by Gasteiger charge is 2.15. The standard InChI is InChI=1S/C12H18ClNO2/c1-4-14-11(7-15)9-6-10(13)8(2)5-12(9)16-3/h5-6,11,14-15H,4,7H2,1-3H3. The highest BCUT2D eigenvalue weighted by molar-refractivity contribution is 6.31. The fourth-order valence-electron chi connectivity index (χ4n) is 1.64. The van der Waals surface area contributed by atoms with E-state index >= 15 is 0 Å². The minimum atomic E-state index is -0.141. The molecule has 0 spiro atoms. The molecule has 0 saturated heterocycles. The minimum absolute atomic E-state index is 0.0175. The van der Waals surface area contributed by atoms with Gasteiger partial charge < -0.3 is 15.2 Å². The number of methoxy groups -OCH3 is 1. The van der Waals surface area contributed by atoms with Gasteiger partial charge in [0.15, 0.2) is 0 Å². The first-order chi connectivity index (χ1) is 7.63. The summed E-state index contributed by atoms with van der Waals surface area (Å²) in [6.45, 7) is 4.71. The van der Waals surface area contributed by atoms with Gasteiger partial charge in [0.25, 0.3) is 0 Å². The van der Waals surface area contributed by atoms with E-state index in [1.54, 1.807) is 7.11 Å². The van der Waals surface area contributed by atoms with Gasteiger partial charge in [-0.25, -0.2) is 0 Å². The zero-order chi connectivity index (χ0) is 12.1. The lowest BCUT2D eigenvalue weighted by atomic mass is 10.0. The normalized spacial score (nSPS) is 12.6. The number of rotatable bonds is 5. The van der Waals surface area contributed by atoms with Gasteiger partial charge in [-0.15, -0.1) is 0 Å². The van der Waals surface area contributed by atoms with Gasteiger partial charge in [-0.05, 0) is 31.2 Å². The van der Waals surface area contributed by atoms with Crippen LogP contribution in [0.25, 0.3) is 0 Å². The average Bonchev–Trinajstić information content (AvgIpc) is 2.29. The van der Waals surface area contributed by atoms with Gasteiger partial charge in [0, 0.05) is 10.6 Å². The molecule has 1 aromatic carbocycles. The Hall–Kier alpha value is -0.770. The van der Waals surface area contributed by atoms with Crippen LogP contribution in [-0.2, 0) is 0 Å². The number of hydrogen-bond donors (Lipinski definition) is 2. The number of aryl methyl sites for hydroxylation is 1. The predicted molar refractivity (Wildman–Crippen MR) is 66.2 cm³/mol. The number of aliphatic hydroxyl groups is 1. The van der Waals surface area contributed by atoms with Crippen LogP contribution in [0.2, 0.25) is 5.02 Å². The summed E-state index contributed by atoms with van der Waals surface area (Å²) in [4.78, 5) is 0. The maximum absolute atomic E-state index is 9.33. The molecule has 0 heterocycles. The molecule has 0 aliphatic heterocycles. The average molecular weight is 244 g/mol. The molecule has 0 bridgehead atoms. The molecule has 0 saturated carbocycles. The van der Waals surface area contributed by atoms with Crippen LogP contribution < -0.4 is 10.1 Å². The topological polar surface area (TPSA) is 41.5 Å². The lowest BCUT2D eigenvalue weighted by molar-refractivity contribution is 0.243. The highest BCUT2D eigenvalue weighted by atomic mass is 35.5. The summed E-state index contributed by atoms with van der Waals surface area (Å²) in [6, 6.07) is 3.59. The van der Waals surface area contributed by atoms with Gasteiger partial charge in [-0.1, -0.05) is 18.5 Å². The Morgan fingerprint density at radius 3 is 2.69 bits per heavy atom. The van der Waals surface area contributed by atoms with Crippen molar-refractivity contribution in [3.63, 3.8) is 0 Å². The fraction of sp³-hybridized carbons (Fsp3) is 0.500. The highest BCUT2D eigenvalue weighted by Crippen LogP contribution is 2.30. The first-order valence-electron chi connectivity index (χ1n) is 5.32. The molecular formula is C12H18ClNO2. The van der Waals surface area contributed by atoms with Crippen molar-refractivity contribution in [1.82, 2.24) is 5.32 Å². The Morgan fingerprint density at radius 1 is 1.50 bits per heavy atom. The van der Waals surface area contributed by atoms with Gasteiger partial charge >= 0.3 is 0 Å². The summed E-state index contributed by atoms with van der Waals surface area (Å²) in [5.41, 5.74) is 1.86. The van der Waals surface area contributed by atoms with Gasteiger partial charge in [0.1, 0.15) is 5.75 Å². The molecule has 1 unspecified atom stereocenters. The Kier molecular flexibility index (Phi) is 5.06. The zero-order valence-electron chi connectivity index (χ0n) is 9.88. The SMILES string of the molecule is CCNC(CO)c1cc(Cl)c(C)cc1OC. The summed E-state index contributed by atoms with van der Waals surface area (Å²) < 4.78 is 5.30. The number of aliphatic hydroxyl groups excluding tert-OH is 1. The number of halogens is 1. The van der Waals surface area contributed by atoms with Crippen LogP contribution in [0.15, 0.2) is 12.1 Å². The Bertz CT molecular complexity index is 355. The van der Waals surface area contributed by atoms with Crippen LogP contribution in [-0.4, -0.2) is 25.4 Å². The van der Waals surface area contributed by atoms with Crippen molar-refractivity contribution < 1.29 is 9.84 Å². The molecule has 0 amide bonds. The van der Waals surface area contributed by atoms with E-state index in [1.165, 1.54) is 0 Å². The van der Waals surface area contributed by atoms with Gasteiger partial charge in [-0.3, -0.25) is 0 Å². The van der Waals surface area contributed by atoms with Crippen molar-refractivity contribution >= 4 is 11.6 Å². The lowest BCUT2D eigenvalue weighted by Gasteiger charge is -2.19. The monoisotopic (exact) mass is 243 g/mol. The van der Waals surface area contributed by atoms with Crippen molar-refractivity contribution in [1.29, 1.82) is 0 Å². The van der Waals surface area contributed by atoms with Gasteiger partial charge in [0.2, 0.25) is 0 Å². The number of likely N-dealkylation sites (N-methyl/N-ethyl adjacent to an activating group) is 1. The molecule has 0 radical (unpaired) electrons. The van der Waals surface area contributed by atoms with Crippen molar-refractivity contribution in [2.24, 2.45) is 0 Å². The maximum atomic E-state index is 9.33. The molecular weight excluding hydrogens is 226 g/mol. The van der Waals surface area contributed by atoms with Crippen LogP contribution in [0.3, 0.4) is 0 Å². The molecule has 90 valence electrons. The molecule has 0 aliphatic carbocycles. The Balaban J connectivity index is 3.13. The van der Waals surface area contributed by atoms with E-state index in [0.29, 0.717) is 5.02 Å². The van der Waals surface area contributed by atoms with Crippen LogP contribution in [0.5, 0.6) is 5.75 Å². The molecule has 1 atom stereocenters. The van der Waals surface area contributed by atoms with Gasteiger partial charge in [0.05, 0.1) is 19.8 Å². The lowest BCUT2D eigenvalue weighted by Crippen LogP contribution is -2.24. The van der Waals surface area contributed by atoms with Gasteiger partial charge in [-0.2, -0.15) is 0 Å². The predicted octanol–water partition coefficient (Wildman–Crippen LogP) is 2.30. The molecule has 1 rings (SSSR count). The summed E-state index contributed by atoms with van der Waals surface area (Å²) in [5.74, 6) is 0.752. The van der Waals surface area contributed by atoms with Crippen LogP contribution in [0.1, 0.15) is 24.1 Å². The fourth-order valence-corrected chi connectivity index (χ4v) is 1.81. The molecule has 2 N–H and O–H groups in total. The smallest absolute Gasteiger partial charge is 0.124 e. The third-order valence-electron chi connectivity index (χ3n) is 2.52. The van der Waals surface area contributed by atoms with Crippen molar-refractivity contribution in [2.75, 3.05) is 20.3 Å². The molecule has 16 heavy (non-hydrogen) atoms. The third kappa shape index (κ3) is 2.88. The largest absolute Gasteiger partial charge is 0.496 e. The Labute approximate surface area is 101 Å². The molecule has 0 aliphatic rings. The van der Waals surface area contributed by atoms with E-state index in [2.05, 4.69) is 5.32 Å². The van der Waals surface area contributed by atoms with E-state index in [4.69, 9.17) is 16.3 Å². The number of ether oxygens (including phenoxy) is 1. The van der Waals surface area contributed by atoms with E-state index in [9.17, 15) is 5.11 Å². The molecule has 0 fully saturated rings. The van der Waals surface area contributed by atoms with E-state index in [1.807, 2.05) is 26.0 Å². The van der Waals surface area contributed by atoms with Crippen molar-refractivity contribution in [3.05, 3.63) is 28.3 Å². The van der Waals surface area contributed by atoms with E-state index in [0.717, 1.165) is 23.4 Å². The second-order valence-corrected chi connectivity index (χ2v) is 4.04. The quantitative estimate of drug-likeness (QED) is 0.834. The first-order valence-corrected chi connectivity index (χ1v) is 5.70. The molecule has 1 aromatic rings. The van der Waals surface area contributed by atoms with Crippen molar-refractivity contribution in [2.45, 2.75) is 19.9 Å². The number of benzene rings is 1. The minimum Gasteiger partial charge on any atom is -0.496 e. The van der Waals surface area contributed by atoms with E-state index < -0.39 is 0 Å². The van der Waals surface area contributed by atoms with Crippen LogP contribution >= 0.6 is 11.6 Å². The summed E-state index contributed by atoms with van der Waals surface area (Å²) >= 11 is 6.08. The molecule has 0 aromatic heterocycles. The van der Waals surface area contributed by atoms with Crippen molar-refractivity contribution in [3.8, 4) is 5.75 Å². The molecule has 4 heteroatoms.